The molecule has 2 atom stereocenters. The highest BCUT2D eigenvalue weighted by atomic mass is 16.6. The van der Waals surface area contributed by atoms with E-state index in [4.69, 9.17) is 9.47 Å². The molecular weight excluding hydrogens is 454 g/mol. The average Bonchev–Trinajstić information content (AvgIpc) is 2.75. The fourth-order valence-electron chi connectivity index (χ4n) is 3.23. The quantitative estimate of drug-likeness (QED) is 0.301. The molecule has 1 rings (SSSR count). The second kappa shape index (κ2) is 14.1. The Hall–Kier alpha value is -3.40. The number of carbonyl (C=O) groups excluding carboxylic acids is 4. The van der Waals surface area contributed by atoms with Crippen molar-refractivity contribution in [2.45, 2.75) is 58.7 Å². The van der Waals surface area contributed by atoms with E-state index in [1.807, 2.05) is 13.0 Å². The van der Waals surface area contributed by atoms with Crippen LogP contribution < -0.4 is 10.6 Å². The Morgan fingerprint density at radius 3 is 2.46 bits per heavy atom. The number of alkyl carbamates (subject to hydrolysis) is 1. The molecule has 0 fully saturated rings. The first kappa shape index (κ1) is 29.6. The number of esters is 1. The summed E-state index contributed by atoms with van der Waals surface area (Å²) < 4.78 is 10.1. The monoisotopic (exact) mass is 491 g/mol. The third-order valence-electron chi connectivity index (χ3n) is 4.63. The van der Waals surface area contributed by atoms with Gasteiger partial charge in [0.15, 0.2) is 0 Å². The molecule has 0 radical (unpaired) electrons. The van der Waals surface area contributed by atoms with E-state index in [1.54, 1.807) is 45.9 Å². The lowest BCUT2D eigenvalue weighted by Crippen LogP contribution is -2.54. The number of benzene rings is 1. The second-order valence-electron chi connectivity index (χ2n) is 8.82. The number of hydrogen-bond acceptors (Lipinski definition) is 7. The van der Waals surface area contributed by atoms with Crippen LogP contribution in [0.5, 0.6) is 0 Å². The number of ether oxygens (including phenoxy) is 2. The van der Waals surface area contributed by atoms with E-state index >= 15 is 0 Å². The summed E-state index contributed by atoms with van der Waals surface area (Å²) in [4.78, 5) is 51.8. The highest BCUT2D eigenvalue weighted by molar-refractivity contribution is 5.92. The summed E-state index contributed by atoms with van der Waals surface area (Å²) in [5.74, 6) is -1.70. The molecule has 0 aliphatic carbocycles. The summed E-state index contributed by atoms with van der Waals surface area (Å²) in [5.41, 5.74) is 0.572. The Balaban J connectivity index is 3.24. The molecule has 0 aromatic heterocycles. The molecular formula is C25H37N3O7. The number of aryl methyl sites for hydroxylation is 1. The van der Waals surface area contributed by atoms with Gasteiger partial charge in [-0.15, -0.1) is 6.58 Å². The van der Waals surface area contributed by atoms with Gasteiger partial charge in [-0.05, 0) is 40.2 Å². The minimum atomic E-state index is -1.36. The van der Waals surface area contributed by atoms with Crippen LogP contribution in [-0.4, -0.2) is 71.8 Å². The van der Waals surface area contributed by atoms with Crippen molar-refractivity contribution >= 4 is 23.9 Å². The summed E-state index contributed by atoms with van der Waals surface area (Å²) in [7, 11) is 0. The zero-order valence-electron chi connectivity index (χ0n) is 21.1. The normalized spacial score (nSPS) is 12.6. The SMILES string of the molecule is C=CCN(C(=O)C(CO)NC(=O)OC(C)(C)C)C(C(=O)NCCC(=O)OCC)c1cccc(C)c1. The zero-order chi connectivity index (χ0) is 26.6. The van der Waals surface area contributed by atoms with E-state index in [0.29, 0.717) is 5.56 Å². The second-order valence-corrected chi connectivity index (χ2v) is 8.82. The van der Waals surface area contributed by atoms with Crippen LogP contribution in [-0.2, 0) is 23.9 Å². The van der Waals surface area contributed by atoms with Crippen molar-refractivity contribution in [3.05, 3.63) is 48.0 Å². The van der Waals surface area contributed by atoms with Gasteiger partial charge in [0.1, 0.15) is 17.7 Å². The first-order valence-corrected chi connectivity index (χ1v) is 11.4. The number of aliphatic hydroxyl groups excluding tert-OH is 1. The Kier molecular flexibility index (Phi) is 11.9. The van der Waals surface area contributed by atoms with E-state index in [2.05, 4.69) is 17.2 Å². The summed E-state index contributed by atoms with van der Waals surface area (Å²) in [6.45, 7) is 11.7. The van der Waals surface area contributed by atoms with E-state index < -0.39 is 48.2 Å². The molecule has 10 heteroatoms. The third-order valence-corrected chi connectivity index (χ3v) is 4.63. The lowest BCUT2D eigenvalue weighted by Gasteiger charge is -2.33. The summed E-state index contributed by atoms with van der Waals surface area (Å²) in [6, 6.07) is 4.58. The molecule has 194 valence electrons. The lowest BCUT2D eigenvalue weighted by atomic mass is 10.0. The minimum absolute atomic E-state index is 0.00961. The fourth-order valence-corrected chi connectivity index (χ4v) is 3.23. The van der Waals surface area contributed by atoms with Crippen LogP contribution in [0, 0.1) is 6.92 Å². The average molecular weight is 492 g/mol. The predicted octanol–water partition coefficient (Wildman–Crippen LogP) is 2.01. The molecule has 0 bridgehead atoms. The highest BCUT2D eigenvalue weighted by Gasteiger charge is 2.35. The molecule has 0 aliphatic heterocycles. The Morgan fingerprint density at radius 1 is 1.23 bits per heavy atom. The Bertz CT molecular complexity index is 895. The number of rotatable bonds is 12. The zero-order valence-corrected chi connectivity index (χ0v) is 21.1. The van der Waals surface area contributed by atoms with Gasteiger partial charge < -0.3 is 30.1 Å². The molecule has 0 saturated carbocycles. The van der Waals surface area contributed by atoms with Gasteiger partial charge in [-0.1, -0.05) is 35.9 Å². The van der Waals surface area contributed by atoms with Gasteiger partial charge in [0, 0.05) is 13.1 Å². The van der Waals surface area contributed by atoms with E-state index in [1.165, 1.54) is 11.0 Å². The van der Waals surface area contributed by atoms with E-state index in [0.717, 1.165) is 5.56 Å². The predicted molar refractivity (Wildman–Crippen MR) is 130 cm³/mol. The van der Waals surface area contributed by atoms with Gasteiger partial charge in [-0.25, -0.2) is 4.79 Å². The lowest BCUT2D eigenvalue weighted by molar-refractivity contribution is -0.144. The van der Waals surface area contributed by atoms with E-state index in [9.17, 15) is 24.3 Å². The van der Waals surface area contributed by atoms with E-state index in [-0.39, 0.29) is 26.1 Å². The van der Waals surface area contributed by atoms with Gasteiger partial charge in [0.25, 0.3) is 0 Å². The summed E-state index contributed by atoms with van der Waals surface area (Å²) in [6.07, 6.45) is 0.526. The van der Waals surface area contributed by atoms with Crippen LogP contribution >= 0.6 is 0 Å². The summed E-state index contributed by atoms with van der Waals surface area (Å²) in [5, 5.41) is 14.9. The maximum Gasteiger partial charge on any atom is 0.408 e. The van der Waals surface area contributed by atoms with Gasteiger partial charge in [-0.2, -0.15) is 0 Å². The first-order chi connectivity index (χ1) is 16.4. The fraction of sp³-hybridized carbons (Fsp3) is 0.520. The molecule has 0 aliphatic rings. The molecule has 0 spiro atoms. The maximum atomic E-state index is 13.4. The van der Waals surface area contributed by atoms with Crippen molar-refractivity contribution in [2.24, 2.45) is 0 Å². The van der Waals surface area contributed by atoms with Crippen LogP contribution in [0.1, 0.15) is 51.3 Å². The molecule has 1 aromatic carbocycles. The number of nitrogens with zero attached hydrogens (tertiary/aromatic N) is 1. The smallest absolute Gasteiger partial charge is 0.408 e. The van der Waals surface area contributed by atoms with Crippen molar-refractivity contribution in [3.8, 4) is 0 Å². The van der Waals surface area contributed by atoms with Crippen molar-refractivity contribution < 1.29 is 33.8 Å². The standard InChI is InChI=1S/C25H37N3O7/c1-7-14-28(23(32)19(16-29)27-24(33)35-25(4,5)6)21(18-11-9-10-17(3)15-18)22(31)26-13-12-20(30)34-8-2/h7,9-11,15,19,21,29H,1,8,12-14,16H2,2-6H3,(H,26,31)(H,27,33). The number of nitrogens with one attached hydrogen (secondary N) is 2. The first-order valence-electron chi connectivity index (χ1n) is 11.4. The van der Waals surface area contributed by atoms with Gasteiger partial charge in [0.2, 0.25) is 11.8 Å². The van der Waals surface area contributed by atoms with Gasteiger partial charge in [-0.3, -0.25) is 14.4 Å². The molecule has 1 aromatic rings. The molecule has 0 saturated heterocycles. The topological polar surface area (TPSA) is 134 Å². The van der Waals surface area contributed by atoms with Crippen LogP contribution in [0.2, 0.25) is 0 Å². The Morgan fingerprint density at radius 2 is 1.91 bits per heavy atom. The molecule has 3 amide bonds. The van der Waals surface area contributed by atoms with Crippen LogP contribution in [0.15, 0.2) is 36.9 Å². The molecule has 0 heterocycles. The third kappa shape index (κ3) is 10.2. The maximum absolute atomic E-state index is 13.4. The molecule has 10 nitrogen and oxygen atoms in total. The highest BCUT2D eigenvalue weighted by Crippen LogP contribution is 2.23. The number of hydrogen-bond donors (Lipinski definition) is 3. The van der Waals surface area contributed by atoms with Gasteiger partial charge >= 0.3 is 12.1 Å². The molecule has 2 unspecified atom stereocenters. The summed E-state index contributed by atoms with van der Waals surface area (Å²) >= 11 is 0. The van der Waals surface area contributed by atoms with Crippen LogP contribution in [0.4, 0.5) is 4.79 Å². The Labute approximate surface area is 206 Å². The van der Waals surface area contributed by atoms with Crippen LogP contribution in [0.3, 0.4) is 0 Å². The van der Waals surface area contributed by atoms with Crippen molar-refractivity contribution in [3.63, 3.8) is 0 Å². The van der Waals surface area contributed by atoms with Crippen molar-refractivity contribution in [2.75, 3.05) is 26.3 Å². The minimum Gasteiger partial charge on any atom is -0.466 e. The molecule has 35 heavy (non-hydrogen) atoms. The number of aliphatic hydroxyl groups is 1. The molecule has 3 N–H and O–H groups in total. The van der Waals surface area contributed by atoms with Crippen molar-refractivity contribution in [1.82, 2.24) is 15.5 Å². The van der Waals surface area contributed by atoms with Gasteiger partial charge in [0.05, 0.1) is 19.6 Å². The van der Waals surface area contributed by atoms with Crippen molar-refractivity contribution in [1.29, 1.82) is 0 Å². The largest absolute Gasteiger partial charge is 0.466 e. The number of amides is 3. The number of carbonyl (C=O) groups is 4. The van der Waals surface area contributed by atoms with Crippen LogP contribution in [0.25, 0.3) is 0 Å².